The van der Waals surface area contributed by atoms with Gasteiger partial charge in [-0.05, 0) is 18.6 Å². The van der Waals surface area contributed by atoms with E-state index in [2.05, 4.69) is 0 Å². The quantitative estimate of drug-likeness (QED) is 0.756. The predicted octanol–water partition coefficient (Wildman–Crippen LogP) is 1.54. The summed E-state index contributed by atoms with van der Waals surface area (Å²) in [5, 5.41) is 17.6. The smallest absolute Gasteiger partial charge is 0.339 e. The Morgan fingerprint density at radius 1 is 1.29 bits per heavy atom. The number of aliphatic hydroxyl groups is 1. The largest absolute Gasteiger partial charge is 0.493 e. The molecule has 0 aromatic heterocycles. The third-order valence-corrected chi connectivity index (χ3v) is 2.01. The Kier molecular flexibility index (Phi) is 5.29. The van der Waals surface area contributed by atoms with E-state index in [1.165, 1.54) is 12.1 Å². The number of carbonyl (C=O) groups is 1. The van der Waals surface area contributed by atoms with Crippen LogP contribution in [0.2, 0.25) is 0 Å². The molecule has 0 saturated carbocycles. The summed E-state index contributed by atoms with van der Waals surface area (Å²) in [6.45, 7) is 2.43. The van der Waals surface area contributed by atoms with Gasteiger partial charge in [0.15, 0.2) is 0 Å². The van der Waals surface area contributed by atoms with Gasteiger partial charge in [-0.15, -0.1) is 0 Å². The fourth-order valence-corrected chi connectivity index (χ4v) is 1.26. The van der Waals surface area contributed by atoms with E-state index < -0.39 is 5.97 Å². The Bertz CT molecular complexity index is 375. The number of hydrogen-bond acceptors (Lipinski definition) is 4. The van der Waals surface area contributed by atoms with Crippen LogP contribution < -0.4 is 9.47 Å². The van der Waals surface area contributed by atoms with Gasteiger partial charge in [0.1, 0.15) is 23.7 Å². The van der Waals surface area contributed by atoms with Crippen LogP contribution in [-0.2, 0) is 0 Å². The summed E-state index contributed by atoms with van der Waals surface area (Å²) in [4.78, 5) is 10.9. The standard InChI is InChI=1S/C12H16O5/c1-2-6-16-9-3-4-10(12(14)15)11(8-9)17-7-5-13/h3-4,8,13H,2,5-7H2,1H3,(H,14,15). The van der Waals surface area contributed by atoms with Gasteiger partial charge in [-0.3, -0.25) is 0 Å². The summed E-state index contributed by atoms with van der Waals surface area (Å²) >= 11 is 0. The van der Waals surface area contributed by atoms with Crippen molar-refractivity contribution in [1.82, 2.24) is 0 Å². The van der Waals surface area contributed by atoms with E-state index in [4.69, 9.17) is 19.7 Å². The zero-order valence-electron chi connectivity index (χ0n) is 9.68. The first kappa shape index (κ1) is 13.3. The molecule has 1 aromatic carbocycles. The first-order valence-corrected chi connectivity index (χ1v) is 5.42. The van der Waals surface area contributed by atoms with Gasteiger partial charge in [0, 0.05) is 6.07 Å². The van der Waals surface area contributed by atoms with Crippen LogP contribution in [0.1, 0.15) is 23.7 Å². The Balaban J connectivity index is 2.88. The number of hydrogen-bond donors (Lipinski definition) is 2. The number of aliphatic hydroxyl groups excluding tert-OH is 1. The predicted molar refractivity (Wildman–Crippen MR) is 61.8 cm³/mol. The average Bonchev–Trinajstić information content (AvgIpc) is 2.33. The van der Waals surface area contributed by atoms with Crippen LogP contribution in [0.3, 0.4) is 0 Å². The highest BCUT2D eigenvalue weighted by Gasteiger charge is 2.12. The summed E-state index contributed by atoms with van der Waals surface area (Å²) in [6.07, 6.45) is 0.869. The summed E-state index contributed by atoms with van der Waals surface area (Å²) in [7, 11) is 0. The van der Waals surface area contributed by atoms with E-state index in [0.29, 0.717) is 12.4 Å². The van der Waals surface area contributed by atoms with Crippen molar-refractivity contribution >= 4 is 5.97 Å². The molecule has 0 saturated heterocycles. The number of carboxylic acids is 1. The lowest BCUT2D eigenvalue weighted by atomic mass is 10.2. The van der Waals surface area contributed by atoms with Crippen LogP contribution in [0.25, 0.3) is 0 Å². The lowest BCUT2D eigenvalue weighted by molar-refractivity contribution is 0.0690. The van der Waals surface area contributed by atoms with Crippen LogP contribution in [-0.4, -0.2) is 36.0 Å². The van der Waals surface area contributed by atoms with E-state index in [1.807, 2.05) is 6.92 Å². The van der Waals surface area contributed by atoms with Crippen LogP contribution in [0, 0.1) is 0 Å². The van der Waals surface area contributed by atoms with Crippen molar-refractivity contribution in [3.05, 3.63) is 23.8 Å². The third kappa shape index (κ3) is 3.96. The molecule has 94 valence electrons. The number of carboxylic acid groups (broad SMARTS) is 1. The van der Waals surface area contributed by atoms with E-state index in [1.54, 1.807) is 6.07 Å². The van der Waals surface area contributed by atoms with Crippen molar-refractivity contribution < 1.29 is 24.5 Å². The fraction of sp³-hybridized carbons (Fsp3) is 0.417. The second-order valence-corrected chi connectivity index (χ2v) is 3.38. The molecule has 0 heterocycles. The van der Waals surface area contributed by atoms with Gasteiger partial charge < -0.3 is 19.7 Å². The van der Waals surface area contributed by atoms with E-state index in [0.717, 1.165) is 6.42 Å². The molecule has 0 spiro atoms. The van der Waals surface area contributed by atoms with Crippen molar-refractivity contribution in [2.75, 3.05) is 19.8 Å². The van der Waals surface area contributed by atoms with Gasteiger partial charge in [0.05, 0.1) is 13.2 Å². The molecule has 5 nitrogen and oxygen atoms in total. The summed E-state index contributed by atoms with van der Waals surface area (Å²) < 4.78 is 10.5. The zero-order valence-corrected chi connectivity index (χ0v) is 9.68. The molecule has 0 aliphatic heterocycles. The topological polar surface area (TPSA) is 76.0 Å². The van der Waals surface area contributed by atoms with Crippen LogP contribution in [0.5, 0.6) is 11.5 Å². The summed E-state index contributed by atoms with van der Waals surface area (Å²) in [5.74, 6) is -0.301. The van der Waals surface area contributed by atoms with Crippen LogP contribution in [0.4, 0.5) is 0 Å². The highest BCUT2D eigenvalue weighted by Crippen LogP contribution is 2.25. The molecule has 1 rings (SSSR count). The molecular weight excluding hydrogens is 224 g/mol. The molecule has 0 unspecified atom stereocenters. The Hall–Kier alpha value is -1.75. The zero-order chi connectivity index (χ0) is 12.7. The molecule has 0 atom stereocenters. The molecule has 2 N–H and O–H groups in total. The van der Waals surface area contributed by atoms with E-state index in [-0.39, 0.29) is 24.5 Å². The van der Waals surface area contributed by atoms with Crippen molar-refractivity contribution in [2.45, 2.75) is 13.3 Å². The molecule has 0 fully saturated rings. The lowest BCUT2D eigenvalue weighted by Gasteiger charge is -2.10. The molecule has 0 aliphatic rings. The van der Waals surface area contributed by atoms with Gasteiger partial charge in [0.25, 0.3) is 0 Å². The molecule has 1 aromatic rings. The van der Waals surface area contributed by atoms with Crippen LogP contribution in [0.15, 0.2) is 18.2 Å². The Morgan fingerprint density at radius 3 is 2.65 bits per heavy atom. The Labute approximate surface area is 99.6 Å². The third-order valence-electron chi connectivity index (χ3n) is 2.01. The maximum Gasteiger partial charge on any atom is 0.339 e. The van der Waals surface area contributed by atoms with Crippen LogP contribution >= 0.6 is 0 Å². The van der Waals surface area contributed by atoms with E-state index in [9.17, 15) is 4.79 Å². The number of ether oxygens (including phenoxy) is 2. The Morgan fingerprint density at radius 2 is 2.06 bits per heavy atom. The summed E-state index contributed by atoms with van der Waals surface area (Å²) in [6, 6.07) is 4.54. The molecule has 0 radical (unpaired) electrons. The van der Waals surface area contributed by atoms with Gasteiger partial charge in [-0.2, -0.15) is 0 Å². The van der Waals surface area contributed by atoms with Crippen molar-refractivity contribution in [2.24, 2.45) is 0 Å². The highest BCUT2D eigenvalue weighted by atomic mass is 16.5. The van der Waals surface area contributed by atoms with Crippen molar-refractivity contribution in [3.8, 4) is 11.5 Å². The molecule has 0 aliphatic carbocycles. The number of benzene rings is 1. The van der Waals surface area contributed by atoms with Crippen molar-refractivity contribution in [3.63, 3.8) is 0 Å². The van der Waals surface area contributed by atoms with Gasteiger partial charge in [-0.25, -0.2) is 4.79 Å². The average molecular weight is 240 g/mol. The molecule has 0 amide bonds. The SMILES string of the molecule is CCCOc1ccc(C(=O)O)c(OCCO)c1. The fourth-order valence-electron chi connectivity index (χ4n) is 1.26. The summed E-state index contributed by atoms with van der Waals surface area (Å²) in [5.41, 5.74) is 0.0577. The second-order valence-electron chi connectivity index (χ2n) is 3.38. The maximum absolute atomic E-state index is 10.9. The van der Waals surface area contributed by atoms with Gasteiger partial charge in [0.2, 0.25) is 0 Å². The minimum atomic E-state index is -1.07. The van der Waals surface area contributed by atoms with Crippen molar-refractivity contribution in [1.29, 1.82) is 0 Å². The number of rotatable bonds is 7. The molecule has 0 bridgehead atoms. The first-order chi connectivity index (χ1) is 8.19. The minimum Gasteiger partial charge on any atom is -0.493 e. The van der Waals surface area contributed by atoms with Gasteiger partial charge >= 0.3 is 5.97 Å². The second kappa shape index (κ2) is 6.75. The lowest BCUT2D eigenvalue weighted by Crippen LogP contribution is -2.07. The molecule has 5 heteroatoms. The molecular formula is C12H16O5. The molecule has 17 heavy (non-hydrogen) atoms. The van der Waals surface area contributed by atoms with Gasteiger partial charge in [-0.1, -0.05) is 6.92 Å². The first-order valence-electron chi connectivity index (χ1n) is 5.42. The maximum atomic E-state index is 10.9. The highest BCUT2D eigenvalue weighted by molar-refractivity contribution is 5.91. The number of aromatic carboxylic acids is 1. The minimum absolute atomic E-state index is 0.0531. The monoisotopic (exact) mass is 240 g/mol. The van der Waals surface area contributed by atoms with E-state index >= 15 is 0 Å². The normalized spacial score (nSPS) is 10.0.